The molecule has 3 aliphatic rings. The van der Waals surface area contributed by atoms with Crippen LogP contribution in [0.2, 0.25) is 0 Å². The van der Waals surface area contributed by atoms with Crippen molar-refractivity contribution in [2.45, 2.75) is 55.2 Å². The highest BCUT2D eigenvalue weighted by Crippen LogP contribution is 2.72. The molecule has 3 aliphatic heterocycles. The Labute approximate surface area is 247 Å². The summed E-state index contributed by atoms with van der Waals surface area (Å²) in [6, 6.07) is 12.6. The fourth-order valence-corrected chi connectivity index (χ4v) is 9.79. The summed E-state index contributed by atoms with van der Waals surface area (Å²) in [7, 11) is 1.74. The number of likely N-dealkylation sites (tertiary alicyclic amines) is 1. The normalized spacial score (nSPS) is 29.1. The Hall–Kier alpha value is -3.10. The lowest BCUT2D eigenvalue weighted by Gasteiger charge is -2.40. The van der Waals surface area contributed by atoms with Crippen molar-refractivity contribution in [1.29, 1.82) is 0 Å². The van der Waals surface area contributed by atoms with Gasteiger partial charge in [0.15, 0.2) is 0 Å². The van der Waals surface area contributed by atoms with E-state index in [0.29, 0.717) is 13.0 Å². The fraction of sp³-hybridized carbons (Fsp3) is 0.485. The number of aliphatic hydroxyl groups excluding tert-OH is 1. The van der Waals surface area contributed by atoms with E-state index in [9.17, 15) is 19.5 Å². The van der Waals surface area contributed by atoms with Crippen molar-refractivity contribution in [2.75, 3.05) is 31.6 Å². The second kappa shape index (κ2) is 11.0. The molecule has 0 saturated carbocycles. The summed E-state index contributed by atoms with van der Waals surface area (Å²) in [5, 5.41) is 12.6. The fourth-order valence-electron chi connectivity index (χ4n) is 7.46. The van der Waals surface area contributed by atoms with Gasteiger partial charge in [0.2, 0.25) is 11.8 Å². The third kappa shape index (κ3) is 4.50. The number of rotatable bonds is 10. The number of likely N-dealkylation sites (N-methyl/N-ethyl adjacent to an activating group) is 1. The SMILES string of the molecule is C=CCN(C)C(=O)[C@@H]1[C@H]2C(=O)N([C@@H](CO)C(C)C)C(C(=O)N(CC=C)c3ccc4ccccc4c3)C23CC[C@@]1(C)S3. The molecule has 2 aromatic carbocycles. The number of fused-ring (bicyclic) bond motifs is 2. The highest BCUT2D eigenvalue weighted by atomic mass is 32.2. The number of carbonyl (C=O) groups excluding carboxylic acids is 3. The van der Waals surface area contributed by atoms with Gasteiger partial charge in [-0.1, -0.05) is 56.3 Å². The van der Waals surface area contributed by atoms with Crippen LogP contribution < -0.4 is 4.90 Å². The molecule has 8 heteroatoms. The van der Waals surface area contributed by atoms with E-state index in [2.05, 4.69) is 20.1 Å². The maximum atomic E-state index is 14.9. The van der Waals surface area contributed by atoms with E-state index >= 15 is 0 Å². The molecule has 6 atom stereocenters. The van der Waals surface area contributed by atoms with Gasteiger partial charge in [0.05, 0.1) is 29.2 Å². The minimum atomic E-state index is -0.819. The molecule has 3 amide bonds. The molecule has 218 valence electrons. The van der Waals surface area contributed by atoms with Crippen LogP contribution in [0.3, 0.4) is 0 Å². The van der Waals surface area contributed by atoms with Crippen molar-refractivity contribution in [3.8, 4) is 0 Å². The summed E-state index contributed by atoms with van der Waals surface area (Å²) in [5.74, 6) is -1.77. The average Bonchev–Trinajstić information content (AvgIpc) is 3.52. The van der Waals surface area contributed by atoms with E-state index in [0.717, 1.165) is 22.9 Å². The van der Waals surface area contributed by atoms with Crippen LogP contribution >= 0.6 is 11.8 Å². The molecule has 41 heavy (non-hydrogen) atoms. The van der Waals surface area contributed by atoms with Gasteiger partial charge in [0, 0.05) is 30.6 Å². The quantitative estimate of drug-likeness (QED) is 0.422. The standard InChI is InChI=1S/C33H41N3O4S/c1-7-17-34(6)29(38)26-27-30(39)36(25(20-37)21(3)4)28(33(27)16-15-32(26,5)41-33)31(40)35(18-8-2)24-14-13-22-11-9-10-12-23(22)19-24/h7-14,19,21,25-28,37H,1-2,15-18,20H2,3-6H3/t25-,26-,27-,28?,32+,33?/m0/s1. The summed E-state index contributed by atoms with van der Waals surface area (Å²) in [6.07, 6.45) is 4.78. The summed E-state index contributed by atoms with van der Waals surface area (Å²) in [5.41, 5.74) is 0.730. The second-order valence-electron chi connectivity index (χ2n) is 12.2. The number of aliphatic hydroxyl groups is 1. The Morgan fingerprint density at radius 3 is 2.41 bits per heavy atom. The number of anilines is 1. The maximum absolute atomic E-state index is 14.9. The van der Waals surface area contributed by atoms with E-state index < -0.39 is 33.4 Å². The summed E-state index contributed by atoms with van der Waals surface area (Å²) < 4.78 is -1.23. The molecule has 0 aromatic heterocycles. The molecule has 3 saturated heterocycles. The Morgan fingerprint density at radius 2 is 1.78 bits per heavy atom. The minimum absolute atomic E-state index is 0.0848. The Bertz CT molecular complexity index is 1390. The molecule has 0 radical (unpaired) electrons. The number of thioether (sulfide) groups is 1. The molecule has 1 N–H and O–H groups in total. The van der Waals surface area contributed by atoms with Crippen LogP contribution in [-0.4, -0.2) is 80.9 Å². The van der Waals surface area contributed by atoms with Crippen LogP contribution in [0.5, 0.6) is 0 Å². The van der Waals surface area contributed by atoms with Crippen molar-refractivity contribution in [1.82, 2.24) is 9.80 Å². The first-order chi connectivity index (χ1) is 19.5. The van der Waals surface area contributed by atoms with Crippen LogP contribution in [0.15, 0.2) is 67.8 Å². The monoisotopic (exact) mass is 575 g/mol. The van der Waals surface area contributed by atoms with Gasteiger partial charge in [-0.05, 0) is 48.6 Å². The summed E-state index contributed by atoms with van der Waals surface area (Å²) in [4.78, 5) is 48.3. The number of benzene rings is 2. The molecule has 7 nitrogen and oxygen atoms in total. The molecular weight excluding hydrogens is 534 g/mol. The lowest BCUT2D eigenvalue weighted by Crippen LogP contribution is -2.58. The third-order valence-corrected chi connectivity index (χ3v) is 11.4. The zero-order valence-electron chi connectivity index (χ0n) is 24.5. The molecular formula is C33H41N3O4S. The average molecular weight is 576 g/mol. The van der Waals surface area contributed by atoms with Crippen LogP contribution in [0.25, 0.3) is 10.8 Å². The van der Waals surface area contributed by atoms with Crippen LogP contribution in [0.4, 0.5) is 5.69 Å². The molecule has 2 unspecified atom stereocenters. The summed E-state index contributed by atoms with van der Waals surface area (Å²) in [6.45, 7) is 14.1. The molecule has 2 aromatic rings. The van der Waals surface area contributed by atoms with E-state index in [1.54, 1.807) is 45.7 Å². The lowest BCUT2D eigenvalue weighted by atomic mass is 9.66. The van der Waals surface area contributed by atoms with E-state index in [1.807, 2.05) is 56.3 Å². The second-order valence-corrected chi connectivity index (χ2v) is 14.1. The van der Waals surface area contributed by atoms with Crippen LogP contribution in [-0.2, 0) is 14.4 Å². The van der Waals surface area contributed by atoms with E-state index in [1.165, 1.54) is 0 Å². The van der Waals surface area contributed by atoms with Gasteiger partial charge < -0.3 is 19.8 Å². The molecule has 2 bridgehead atoms. The van der Waals surface area contributed by atoms with Gasteiger partial charge in [0.1, 0.15) is 6.04 Å². The topological polar surface area (TPSA) is 81.2 Å². The summed E-state index contributed by atoms with van der Waals surface area (Å²) >= 11 is 1.65. The largest absolute Gasteiger partial charge is 0.394 e. The predicted molar refractivity (Wildman–Crippen MR) is 166 cm³/mol. The van der Waals surface area contributed by atoms with Crippen LogP contribution in [0.1, 0.15) is 33.6 Å². The van der Waals surface area contributed by atoms with Gasteiger partial charge in [-0.3, -0.25) is 14.4 Å². The number of hydrogen-bond donors (Lipinski definition) is 1. The maximum Gasteiger partial charge on any atom is 0.251 e. The molecule has 1 spiro atoms. The number of nitrogens with zero attached hydrogens (tertiary/aromatic N) is 3. The van der Waals surface area contributed by atoms with Crippen molar-refractivity contribution < 1.29 is 19.5 Å². The Balaban J connectivity index is 1.64. The van der Waals surface area contributed by atoms with Crippen molar-refractivity contribution in [3.63, 3.8) is 0 Å². The highest BCUT2D eigenvalue weighted by Gasteiger charge is 2.78. The molecule has 3 heterocycles. The number of hydrogen-bond acceptors (Lipinski definition) is 5. The first-order valence-corrected chi connectivity index (χ1v) is 15.3. The Kier molecular flexibility index (Phi) is 7.85. The van der Waals surface area contributed by atoms with E-state index in [-0.39, 0.29) is 36.8 Å². The smallest absolute Gasteiger partial charge is 0.251 e. The minimum Gasteiger partial charge on any atom is -0.394 e. The zero-order valence-corrected chi connectivity index (χ0v) is 25.3. The molecule has 5 rings (SSSR count). The van der Waals surface area contributed by atoms with Crippen LogP contribution in [0, 0.1) is 17.8 Å². The van der Waals surface area contributed by atoms with E-state index in [4.69, 9.17) is 0 Å². The van der Waals surface area contributed by atoms with Gasteiger partial charge >= 0.3 is 0 Å². The first kappa shape index (κ1) is 29.4. The van der Waals surface area contributed by atoms with Gasteiger partial charge in [0.25, 0.3) is 5.91 Å². The van der Waals surface area contributed by atoms with Crippen molar-refractivity contribution in [2.24, 2.45) is 17.8 Å². The molecule has 0 aliphatic carbocycles. The Morgan fingerprint density at radius 1 is 1.10 bits per heavy atom. The predicted octanol–water partition coefficient (Wildman–Crippen LogP) is 4.50. The zero-order chi connectivity index (χ0) is 29.7. The number of carbonyl (C=O) groups is 3. The van der Waals surface area contributed by atoms with Crippen molar-refractivity contribution in [3.05, 3.63) is 67.8 Å². The highest BCUT2D eigenvalue weighted by molar-refractivity contribution is 8.02. The molecule has 3 fully saturated rings. The number of amides is 3. The third-order valence-electron chi connectivity index (χ3n) is 9.43. The lowest BCUT2D eigenvalue weighted by molar-refractivity contribution is -0.146. The van der Waals surface area contributed by atoms with Gasteiger partial charge in [-0.25, -0.2) is 0 Å². The van der Waals surface area contributed by atoms with Gasteiger partial charge in [-0.15, -0.1) is 24.9 Å². The van der Waals surface area contributed by atoms with Crippen molar-refractivity contribution >= 4 is 45.9 Å². The first-order valence-electron chi connectivity index (χ1n) is 14.4. The van der Waals surface area contributed by atoms with Gasteiger partial charge in [-0.2, -0.15) is 0 Å².